The molecule has 1 aliphatic carbocycles. The summed E-state index contributed by atoms with van der Waals surface area (Å²) in [5.74, 6) is 0.466. The lowest BCUT2D eigenvalue weighted by atomic mass is 10.0. The first-order chi connectivity index (χ1) is 10.5. The number of esters is 1. The van der Waals surface area contributed by atoms with Crippen molar-refractivity contribution in [1.82, 2.24) is 19.5 Å². The van der Waals surface area contributed by atoms with E-state index in [1.54, 1.807) is 6.33 Å². The molecule has 0 fully saturated rings. The smallest absolute Gasteiger partial charge is 0.302 e. The highest BCUT2D eigenvalue weighted by molar-refractivity contribution is 6.33. The topological polar surface area (TPSA) is 95.9 Å². The summed E-state index contributed by atoms with van der Waals surface area (Å²) in [7, 11) is 0. The molecule has 3 rings (SSSR count). The quantitative estimate of drug-likeness (QED) is 0.524. The fourth-order valence-corrected chi connectivity index (χ4v) is 2.88. The number of rotatable bonds is 4. The predicted molar refractivity (Wildman–Crippen MR) is 82.1 cm³/mol. The molecule has 0 bridgehead atoms. The molecule has 7 nitrogen and oxygen atoms in total. The van der Waals surface area contributed by atoms with E-state index in [2.05, 4.69) is 27.1 Å². The summed E-state index contributed by atoms with van der Waals surface area (Å²) in [6.45, 7) is 2.56. The Hall–Kier alpha value is -2.15. The number of fused-ring (bicyclic) bond motifs is 1. The zero-order valence-corrected chi connectivity index (χ0v) is 12.8. The number of halogens is 1. The Kier molecular flexibility index (Phi) is 3.98. The molecule has 2 heterocycles. The maximum Gasteiger partial charge on any atom is 0.302 e. The van der Waals surface area contributed by atoms with Gasteiger partial charge >= 0.3 is 5.97 Å². The molecule has 116 valence electrons. The largest absolute Gasteiger partial charge is 0.465 e. The van der Waals surface area contributed by atoms with E-state index in [1.165, 1.54) is 6.92 Å². The Morgan fingerprint density at radius 3 is 3.00 bits per heavy atom. The fourth-order valence-electron chi connectivity index (χ4n) is 2.66. The van der Waals surface area contributed by atoms with Gasteiger partial charge in [0, 0.05) is 19.4 Å². The van der Waals surface area contributed by atoms with Gasteiger partial charge in [-0.1, -0.05) is 23.8 Å². The van der Waals surface area contributed by atoms with E-state index in [-0.39, 0.29) is 23.0 Å². The van der Waals surface area contributed by atoms with Crippen molar-refractivity contribution in [3.05, 3.63) is 23.6 Å². The Balaban J connectivity index is 1.70. The van der Waals surface area contributed by atoms with Crippen LogP contribution >= 0.6 is 11.6 Å². The number of allylic oxidation sites excluding steroid dienone is 1. The van der Waals surface area contributed by atoms with Crippen molar-refractivity contribution in [2.24, 2.45) is 11.8 Å². The molecule has 1 aliphatic rings. The van der Waals surface area contributed by atoms with Crippen LogP contribution in [0.3, 0.4) is 0 Å². The summed E-state index contributed by atoms with van der Waals surface area (Å²) >= 11 is 6.02. The summed E-state index contributed by atoms with van der Waals surface area (Å²) in [6, 6.07) is 0. The molecular weight excluding hydrogens is 306 g/mol. The van der Waals surface area contributed by atoms with Gasteiger partial charge in [0.15, 0.2) is 10.8 Å². The molecule has 2 N–H and O–H groups in total. The number of anilines is 1. The molecule has 0 aliphatic heterocycles. The molecule has 0 radical (unpaired) electrons. The van der Waals surface area contributed by atoms with Crippen molar-refractivity contribution in [2.75, 3.05) is 12.3 Å². The first kappa shape index (κ1) is 14.8. The lowest BCUT2D eigenvalue weighted by Gasteiger charge is -2.13. The summed E-state index contributed by atoms with van der Waals surface area (Å²) in [4.78, 5) is 23.2. The van der Waals surface area contributed by atoms with Crippen molar-refractivity contribution in [3.63, 3.8) is 0 Å². The molecule has 0 saturated heterocycles. The highest BCUT2D eigenvalue weighted by atomic mass is 35.5. The van der Waals surface area contributed by atoms with Crippen LogP contribution in [0.25, 0.3) is 11.2 Å². The van der Waals surface area contributed by atoms with E-state index in [9.17, 15) is 4.79 Å². The lowest BCUT2D eigenvalue weighted by Crippen LogP contribution is -2.12. The minimum absolute atomic E-state index is 0.133. The highest BCUT2D eigenvalue weighted by Gasteiger charge is 2.21. The van der Waals surface area contributed by atoms with E-state index in [0.717, 1.165) is 13.0 Å². The molecule has 2 atom stereocenters. The number of aromatic nitrogens is 4. The predicted octanol–water partition coefficient (Wildman–Crippen LogP) is 1.82. The molecule has 0 spiro atoms. The van der Waals surface area contributed by atoms with E-state index in [1.807, 2.05) is 4.57 Å². The summed E-state index contributed by atoms with van der Waals surface area (Å²) < 4.78 is 6.97. The van der Waals surface area contributed by atoms with Crippen LogP contribution in [0.2, 0.25) is 5.15 Å². The molecular formula is C14H16ClN5O2. The van der Waals surface area contributed by atoms with E-state index in [4.69, 9.17) is 22.1 Å². The van der Waals surface area contributed by atoms with Crippen LogP contribution in [0.4, 0.5) is 5.95 Å². The number of nitrogen functional groups attached to an aromatic ring is 1. The van der Waals surface area contributed by atoms with Gasteiger partial charge in [0.1, 0.15) is 5.52 Å². The standard InChI is InChI=1S/C14H16ClN5O2/c1-8(21)22-6-10-3-2-9(4-10)5-20-7-17-11-12(15)18-14(16)19-13(11)20/h2-3,7,9-10H,4-6H2,1H3,(H2,16,18,19)/t9-,10+/m0/s1. The first-order valence-corrected chi connectivity index (χ1v) is 7.36. The van der Waals surface area contributed by atoms with Gasteiger partial charge in [-0.15, -0.1) is 0 Å². The van der Waals surface area contributed by atoms with E-state index >= 15 is 0 Å². The second-order valence-corrected chi connectivity index (χ2v) is 5.74. The second-order valence-electron chi connectivity index (χ2n) is 5.39. The summed E-state index contributed by atoms with van der Waals surface area (Å²) in [5.41, 5.74) is 6.82. The molecule has 0 unspecified atom stereocenters. The van der Waals surface area contributed by atoms with Crippen LogP contribution in [-0.2, 0) is 16.1 Å². The summed E-state index contributed by atoms with van der Waals surface area (Å²) in [6.07, 6.45) is 6.83. The lowest BCUT2D eigenvalue weighted by molar-refractivity contribution is -0.141. The van der Waals surface area contributed by atoms with E-state index in [0.29, 0.717) is 23.7 Å². The molecule has 0 aromatic carbocycles. The van der Waals surface area contributed by atoms with Crippen molar-refractivity contribution in [1.29, 1.82) is 0 Å². The molecule has 2 aromatic heterocycles. The minimum Gasteiger partial charge on any atom is -0.465 e. The number of ether oxygens (including phenoxy) is 1. The Morgan fingerprint density at radius 1 is 1.45 bits per heavy atom. The van der Waals surface area contributed by atoms with Crippen LogP contribution in [0.15, 0.2) is 18.5 Å². The normalized spacial score (nSPS) is 20.6. The second kappa shape index (κ2) is 5.92. The number of imidazole rings is 1. The van der Waals surface area contributed by atoms with Gasteiger partial charge in [-0.2, -0.15) is 9.97 Å². The Labute approximate surface area is 132 Å². The number of nitrogens with two attached hydrogens (primary N) is 1. The monoisotopic (exact) mass is 321 g/mol. The van der Waals surface area contributed by atoms with E-state index < -0.39 is 0 Å². The molecule has 0 amide bonds. The SMILES string of the molecule is CC(=O)OC[C@@H]1C=C[C@H](Cn2cnc3c(Cl)nc(N)nc32)C1. The minimum atomic E-state index is -0.251. The van der Waals surface area contributed by atoms with Crippen LogP contribution < -0.4 is 5.73 Å². The van der Waals surface area contributed by atoms with Gasteiger partial charge in [0.2, 0.25) is 5.95 Å². The number of hydrogen-bond acceptors (Lipinski definition) is 6. The molecule has 0 saturated carbocycles. The zero-order valence-electron chi connectivity index (χ0n) is 12.1. The first-order valence-electron chi connectivity index (χ1n) is 6.98. The number of nitrogens with zero attached hydrogens (tertiary/aromatic N) is 4. The third kappa shape index (κ3) is 3.04. The summed E-state index contributed by atoms with van der Waals surface area (Å²) in [5, 5.41) is 0.260. The molecule has 2 aromatic rings. The molecule has 8 heteroatoms. The third-order valence-electron chi connectivity index (χ3n) is 3.63. The Morgan fingerprint density at radius 2 is 2.23 bits per heavy atom. The van der Waals surface area contributed by atoms with Gasteiger partial charge in [-0.3, -0.25) is 4.79 Å². The fraction of sp³-hybridized carbons (Fsp3) is 0.429. The van der Waals surface area contributed by atoms with Crippen LogP contribution in [-0.4, -0.2) is 32.1 Å². The number of carbonyl (C=O) groups excluding carboxylic acids is 1. The highest BCUT2D eigenvalue weighted by Crippen LogP contribution is 2.27. The van der Waals surface area contributed by atoms with Crippen LogP contribution in [0, 0.1) is 11.8 Å². The Bertz CT molecular complexity index is 742. The van der Waals surface area contributed by atoms with Gasteiger partial charge < -0.3 is 15.0 Å². The average molecular weight is 322 g/mol. The van der Waals surface area contributed by atoms with Gasteiger partial charge in [-0.25, -0.2) is 4.98 Å². The van der Waals surface area contributed by atoms with Crippen molar-refractivity contribution >= 4 is 34.7 Å². The van der Waals surface area contributed by atoms with Gasteiger partial charge in [0.25, 0.3) is 0 Å². The van der Waals surface area contributed by atoms with Crippen LogP contribution in [0.1, 0.15) is 13.3 Å². The van der Waals surface area contributed by atoms with Gasteiger partial charge in [-0.05, 0) is 12.3 Å². The maximum atomic E-state index is 10.9. The van der Waals surface area contributed by atoms with Crippen molar-refractivity contribution in [3.8, 4) is 0 Å². The molecule has 22 heavy (non-hydrogen) atoms. The van der Waals surface area contributed by atoms with Crippen LogP contribution in [0.5, 0.6) is 0 Å². The van der Waals surface area contributed by atoms with Crippen molar-refractivity contribution in [2.45, 2.75) is 19.9 Å². The zero-order chi connectivity index (χ0) is 15.7. The number of carbonyl (C=O) groups is 1. The van der Waals surface area contributed by atoms with Crippen molar-refractivity contribution < 1.29 is 9.53 Å². The maximum absolute atomic E-state index is 10.9. The third-order valence-corrected chi connectivity index (χ3v) is 3.89. The average Bonchev–Trinajstić information content (AvgIpc) is 3.05. The van der Waals surface area contributed by atoms with Gasteiger partial charge in [0.05, 0.1) is 12.9 Å². The number of hydrogen-bond donors (Lipinski definition) is 1.